The van der Waals surface area contributed by atoms with Crippen molar-refractivity contribution in [1.82, 2.24) is 0 Å². The number of ether oxygens (including phenoxy) is 4. The summed E-state index contributed by atoms with van der Waals surface area (Å²) in [6.07, 6.45) is 0.646. The molecule has 0 N–H and O–H groups in total. The second kappa shape index (κ2) is 8.67. The van der Waals surface area contributed by atoms with Crippen LogP contribution in [0.3, 0.4) is 0 Å². The minimum absolute atomic E-state index is 0.0121. The van der Waals surface area contributed by atoms with Crippen LogP contribution in [0.5, 0.6) is 0 Å². The molecular formula is C26H20O12. The molecule has 7 rings (SSSR count). The van der Waals surface area contributed by atoms with Crippen LogP contribution < -0.4 is 0 Å². The molecule has 12 heteroatoms. The van der Waals surface area contributed by atoms with Gasteiger partial charge in [0.2, 0.25) is 0 Å². The van der Waals surface area contributed by atoms with Gasteiger partial charge in [-0.05, 0) is 35.8 Å². The second-order valence-electron chi connectivity index (χ2n) is 10.3. The van der Waals surface area contributed by atoms with E-state index >= 15 is 0 Å². The van der Waals surface area contributed by atoms with E-state index in [1.807, 2.05) is 12.1 Å². The molecule has 8 unspecified atom stereocenters. The number of rotatable bonds is 1. The number of fused-ring (bicyclic) bond motifs is 8. The third-order valence-electron chi connectivity index (χ3n) is 8.40. The van der Waals surface area contributed by atoms with E-state index in [4.69, 9.17) is 4.74 Å². The molecule has 5 fully saturated rings. The molecule has 0 amide bonds. The highest BCUT2D eigenvalue weighted by atomic mass is 16.6. The SMILES string of the molecule is O=C1CC(C2CC3C(=O)OC(=O)C3c3ccccc32)C(=O)O1.O=C1CC2C3CC(C(=O)OC3=O)C2C(=O)O1. The van der Waals surface area contributed by atoms with Crippen molar-refractivity contribution in [2.45, 2.75) is 37.5 Å². The van der Waals surface area contributed by atoms with Crippen molar-refractivity contribution in [3.63, 3.8) is 0 Å². The van der Waals surface area contributed by atoms with Crippen molar-refractivity contribution in [2.75, 3.05) is 0 Å². The zero-order chi connectivity index (χ0) is 26.9. The molecule has 0 aromatic heterocycles. The zero-order valence-electron chi connectivity index (χ0n) is 19.7. The maximum absolute atomic E-state index is 11.9. The first-order chi connectivity index (χ1) is 18.1. The van der Waals surface area contributed by atoms with Crippen molar-refractivity contribution >= 4 is 47.8 Å². The van der Waals surface area contributed by atoms with Crippen LogP contribution in [0.2, 0.25) is 0 Å². The third-order valence-corrected chi connectivity index (χ3v) is 8.40. The highest BCUT2D eigenvalue weighted by molar-refractivity contribution is 6.01. The molecule has 0 spiro atoms. The number of hydrogen-bond acceptors (Lipinski definition) is 12. The van der Waals surface area contributed by atoms with E-state index in [-0.39, 0.29) is 18.8 Å². The van der Waals surface area contributed by atoms with Gasteiger partial charge in [-0.3, -0.25) is 38.4 Å². The second-order valence-corrected chi connectivity index (χ2v) is 10.3. The number of cyclic esters (lactones) is 8. The summed E-state index contributed by atoms with van der Waals surface area (Å²) in [5.41, 5.74) is 1.54. The smallest absolute Gasteiger partial charge is 0.321 e. The Morgan fingerprint density at radius 1 is 0.500 bits per heavy atom. The van der Waals surface area contributed by atoms with Crippen molar-refractivity contribution in [3.8, 4) is 0 Å². The first kappa shape index (κ1) is 24.1. The first-order valence-corrected chi connectivity index (χ1v) is 12.2. The van der Waals surface area contributed by atoms with Crippen LogP contribution in [0.1, 0.15) is 48.6 Å². The van der Waals surface area contributed by atoms with E-state index in [9.17, 15) is 38.4 Å². The molecule has 8 atom stereocenters. The quantitative estimate of drug-likeness (QED) is 0.282. The fourth-order valence-electron chi connectivity index (χ4n) is 6.76. The summed E-state index contributed by atoms with van der Waals surface area (Å²) in [7, 11) is 0. The summed E-state index contributed by atoms with van der Waals surface area (Å²) < 4.78 is 18.5. The number of benzene rings is 1. The van der Waals surface area contributed by atoms with Crippen molar-refractivity contribution in [2.24, 2.45) is 35.5 Å². The Labute approximate surface area is 213 Å². The molecule has 12 nitrogen and oxygen atoms in total. The Bertz CT molecular complexity index is 1340. The van der Waals surface area contributed by atoms with Crippen LogP contribution in [0.15, 0.2) is 24.3 Å². The fourth-order valence-corrected chi connectivity index (χ4v) is 6.76. The summed E-state index contributed by atoms with van der Waals surface area (Å²) in [6, 6.07) is 7.21. The van der Waals surface area contributed by atoms with E-state index in [2.05, 4.69) is 14.2 Å². The van der Waals surface area contributed by atoms with E-state index < -0.39 is 89.2 Å². The zero-order valence-corrected chi connectivity index (χ0v) is 19.7. The highest BCUT2D eigenvalue weighted by Crippen LogP contribution is 2.51. The molecule has 0 radical (unpaired) electrons. The lowest BCUT2D eigenvalue weighted by Gasteiger charge is -2.32. The number of hydrogen-bond donors (Lipinski definition) is 0. The van der Waals surface area contributed by atoms with E-state index in [0.29, 0.717) is 18.4 Å². The number of carbonyl (C=O) groups excluding carboxylic acids is 8. The maximum atomic E-state index is 11.9. The van der Waals surface area contributed by atoms with Crippen molar-refractivity contribution in [3.05, 3.63) is 35.4 Å². The van der Waals surface area contributed by atoms with Gasteiger partial charge in [0, 0.05) is 0 Å². The minimum Gasteiger partial charge on any atom is -0.393 e. The molecule has 38 heavy (non-hydrogen) atoms. The molecule has 1 saturated carbocycles. The van der Waals surface area contributed by atoms with Crippen molar-refractivity contribution in [1.29, 1.82) is 0 Å². The molecule has 4 heterocycles. The van der Waals surface area contributed by atoms with Gasteiger partial charge in [-0.15, -0.1) is 0 Å². The standard InChI is InChI=1S/C16H12O6.C10H8O6/c17-12-6-10(14(18)21-12)9-5-11-13(16(20)22-15(11)19)8-4-2-1-3-7(8)9;11-6-2-3-4-1-5(7(3)10(14)15-6)9(13)16-8(4)12/h1-4,9-11,13H,5-6H2;3-5,7H,1-2H2. The number of carbonyl (C=O) groups is 8. The van der Waals surface area contributed by atoms with Crippen LogP contribution in [0, 0.1) is 35.5 Å². The molecule has 2 bridgehead atoms. The van der Waals surface area contributed by atoms with Gasteiger partial charge >= 0.3 is 47.8 Å². The van der Waals surface area contributed by atoms with Gasteiger partial charge in [0.25, 0.3) is 0 Å². The fraction of sp³-hybridized carbons (Fsp3) is 0.462. The lowest BCUT2D eigenvalue weighted by molar-refractivity contribution is -0.174. The first-order valence-electron chi connectivity index (χ1n) is 12.2. The van der Waals surface area contributed by atoms with E-state index in [1.54, 1.807) is 12.1 Å². The largest absolute Gasteiger partial charge is 0.393 e. The molecule has 196 valence electrons. The van der Waals surface area contributed by atoms with Crippen LogP contribution in [-0.2, 0) is 57.3 Å². The topological polar surface area (TPSA) is 173 Å². The maximum Gasteiger partial charge on any atom is 0.321 e. The van der Waals surface area contributed by atoms with Crippen LogP contribution >= 0.6 is 0 Å². The van der Waals surface area contributed by atoms with Gasteiger partial charge in [0.1, 0.15) is 0 Å². The Morgan fingerprint density at radius 2 is 1.05 bits per heavy atom. The summed E-state index contributed by atoms with van der Waals surface area (Å²) in [5, 5.41) is 0. The van der Waals surface area contributed by atoms with Crippen LogP contribution in [-0.4, -0.2) is 47.8 Å². The van der Waals surface area contributed by atoms with Gasteiger partial charge in [-0.1, -0.05) is 24.3 Å². The Kier molecular flexibility index (Phi) is 5.51. The van der Waals surface area contributed by atoms with E-state index in [0.717, 1.165) is 5.56 Å². The Hall–Kier alpha value is -4.22. The van der Waals surface area contributed by atoms with Crippen molar-refractivity contribution < 1.29 is 57.3 Å². The van der Waals surface area contributed by atoms with E-state index in [1.165, 1.54) is 0 Å². The molecular weight excluding hydrogens is 504 g/mol. The molecule has 1 aromatic rings. The van der Waals surface area contributed by atoms with Crippen LogP contribution in [0.25, 0.3) is 0 Å². The van der Waals surface area contributed by atoms with Gasteiger partial charge in [0.05, 0.1) is 48.3 Å². The monoisotopic (exact) mass is 524 g/mol. The summed E-state index contributed by atoms with van der Waals surface area (Å²) >= 11 is 0. The molecule has 6 aliphatic rings. The summed E-state index contributed by atoms with van der Waals surface area (Å²) in [5.74, 6) is -9.11. The number of esters is 8. The summed E-state index contributed by atoms with van der Waals surface area (Å²) in [4.78, 5) is 92.6. The summed E-state index contributed by atoms with van der Waals surface area (Å²) in [6.45, 7) is 0. The average molecular weight is 524 g/mol. The Morgan fingerprint density at radius 3 is 1.76 bits per heavy atom. The van der Waals surface area contributed by atoms with Crippen LogP contribution in [0.4, 0.5) is 0 Å². The van der Waals surface area contributed by atoms with Gasteiger partial charge in [-0.25, -0.2) is 0 Å². The molecule has 1 aromatic carbocycles. The third kappa shape index (κ3) is 3.65. The van der Waals surface area contributed by atoms with Gasteiger partial charge < -0.3 is 18.9 Å². The average Bonchev–Trinajstić information content (AvgIpc) is 3.49. The van der Waals surface area contributed by atoms with Gasteiger partial charge in [-0.2, -0.15) is 0 Å². The minimum atomic E-state index is -0.694. The predicted octanol–water partition coefficient (Wildman–Crippen LogP) is 0.459. The lowest BCUT2D eigenvalue weighted by Crippen LogP contribution is -2.37. The lowest BCUT2D eigenvalue weighted by atomic mass is 9.67. The highest BCUT2D eigenvalue weighted by Gasteiger charge is 2.60. The molecule has 2 aliphatic carbocycles. The van der Waals surface area contributed by atoms with Gasteiger partial charge in [0.15, 0.2) is 0 Å². The normalized spacial score (nSPS) is 36.7. The molecule has 4 saturated heterocycles. The predicted molar refractivity (Wildman–Crippen MR) is 116 cm³/mol. The molecule has 4 aliphatic heterocycles. The Balaban J connectivity index is 0.000000146.